The molecule has 0 aromatic heterocycles. The Hall–Kier alpha value is -1.40. The monoisotopic (exact) mass is 590 g/mol. The first kappa shape index (κ1) is 32.1. The zero-order chi connectivity index (χ0) is 28.5. The third-order valence-corrected chi connectivity index (χ3v) is 19.8. The van der Waals surface area contributed by atoms with E-state index in [1.54, 1.807) is 0 Å². The minimum Gasteiger partial charge on any atom is -0.106 e. The molecule has 0 saturated carbocycles. The molecule has 0 nitrogen and oxygen atoms in total. The van der Waals surface area contributed by atoms with Crippen molar-refractivity contribution in [2.24, 2.45) is 0 Å². The van der Waals surface area contributed by atoms with Crippen LogP contribution in [-0.2, 0) is 0 Å². The minimum absolute atomic E-state index is 0.328. The van der Waals surface area contributed by atoms with Crippen molar-refractivity contribution in [3.05, 3.63) is 119 Å². The van der Waals surface area contributed by atoms with Gasteiger partial charge in [-0.25, -0.2) is 0 Å². The fraction of sp³-hybridized carbons (Fsp3) is 0.314. The molecule has 0 atom stereocenters. The lowest BCUT2D eigenvalue weighted by Crippen LogP contribution is -2.24. The molecule has 4 heteroatoms. The first-order valence-electron chi connectivity index (χ1n) is 13.7. The van der Waals surface area contributed by atoms with Crippen molar-refractivity contribution in [2.75, 3.05) is 32.6 Å². The van der Waals surface area contributed by atoms with Gasteiger partial charge < -0.3 is 0 Å². The van der Waals surface area contributed by atoms with Crippen LogP contribution in [0.4, 0.5) is 0 Å². The summed E-state index contributed by atoms with van der Waals surface area (Å²) >= 11 is 0. The summed E-state index contributed by atoms with van der Waals surface area (Å²) in [4.78, 5) is 0. The Bertz CT molecular complexity index is 1140. The molecular formula is C35H46P4. The second-order valence-corrected chi connectivity index (χ2v) is 21.3. The Morgan fingerprint density at radius 3 is 0.846 bits per heavy atom. The van der Waals surface area contributed by atoms with Crippen LogP contribution in [0.25, 0.3) is 0 Å². The average molecular weight is 591 g/mol. The third kappa shape index (κ3) is 8.79. The van der Waals surface area contributed by atoms with Crippen LogP contribution < -0.4 is 21.2 Å². The predicted octanol–water partition coefficient (Wildman–Crippen LogP) is 9.26. The Morgan fingerprint density at radius 1 is 0.436 bits per heavy atom. The zero-order valence-electron chi connectivity index (χ0n) is 25.3. The molecule has 0 spiro atoms. The molecule has 4 aromatic carbocycles. The van der Waals surface area contributed by atoms with Crippen molar-refractivity contribution in [2.45, 2.75) is 40.0 Å². The second kappa shape index (κ2) is 15.6. The molecule has 0 N–H and O–H groups in total. The number of hydrogen-bond donors (Lipinski definition) is 0. The molecule has 0 radical (unpaired) electrons. The molecule has 0 aliphatic heterocycles. The van der Waals surface area contributed by atoms with Gasteiger partial charge in [-0.1, -0.05) is 104 Å². The average Bonchev–Trinajstić information content (AvgIpc) is 2.91. The molecule has 0 amide bonds. The highest BCUT2D eigenvalue weighted by Crippen LogP contribution is 2.51. The van der Waals surface area contributed by atoms with E-state index in [9.17, 15) is 0 Å². The van der Waals surface area contributed by atoms with Gasteiger partial charge in [-0.15, -0.1) is 15.8 Å². The highest BCUT2D eigenvalue weighted by Gasteiger charge is 2.26. The molecule has 0 unspecified atom stereocenters. The van der Waals surface area contributed by atoms with Gasteiger partial charge in [0, 0.05) is 5.90 Å². The van der Waals surface area contributed by atoms with Crippen molar-refractivity contribution in [1.82, 2.24) is 0 Å². The van der Waals surface area contributed by atoms with Crippen LogP contribution >= 0.6 is 31.7 Å². The van der Waals surface area contributed by atoms with Crippen LogP contribution in [0.5, 0.6) is 0 Å². The van der Waals surface area contributed by atoms with Gasteiger partial charge in [0.05, 0.1) is 0 Å². The van der Waals surface area contributed by atoms with E-state index in [0.717, 1.165) is 5.40 Å². The largest absolute Gasteiger partial charge is 0.106 e. The Kier molecular flexibility index (Phi) is 12.8. The fourth-order valence-electron chi connectivity index (χ4n) is 4.63. The van der Waals surface area contributed by atoms with Gasteiger partial charge in [-0.05, 0) is 119 Å². The molecule has 4 rings (SSSR count). The van der Waals surface area contributed by atoms with E-state index < -0.39 is 15.8 Å². The van der Waals surface area contributed by atoms with E-state index in [2.05, 4.69) is 158 Å². The normalized spacial score (nSPS) is 11.4. The highest BCUT2D eigenvalue weighted by atomic mass is 31.2. The van der Waals surface area contributed by atoms with Gasteiger partial charge in [-0.2, -0.15) is 0 Å². The number of benzene rings is 4. The second-order valence-electron chi connectivity index (χ2n) is 10.7. The fourth-order valence-corrected chi connectivity index (χ4v) is 15.5. The molecule has 0 fully saturated rings. The molecule has 206 valence electrons. The van der Waals surface area contributed by atoms with Gasteiger partial charge in [0.1, 0.15) is 0 Å². The molecule has 0 heterocycles. The van der Waals surface area contributed by atoms with Crippen LogP contribution in [0.2, 0.25) is 0 Å². The predicted molar refractivity (Wildman–Crippen MR) is 189 cm³/mol. The zero-order valence-corrected chi connectivity index (χ0v) is 28.9. The number of hydrogen-bond acceptors (Lipinski definition) is 0. The minimum atomic E-state index is -0.475. The lowest BCUT2D eigenvalue weighted by atomic mass is 10.2. The molecule has 0 aliphatic carbocycles. The van der Waals surface area contributed by atoms with E-state index in [1.165, 1.54) is 49.4 Å². The Balaban J connectivity index is 0.000000459. The van der Waals surface area contributed by atoms with Gasteiger partial charge in [0.15, 0.2) is 0 Å². The van der Waals surface area contributed by atoms with Crippen LogP contribution in [0.15, 0.2) is 97.1 Å². The molecule has 0 saturated heterocycles. The summed E-state index contributed by atoms with van der Waals surface area (Å²) in [5.41, 5.74) is 5.62. The van der Waals surface area contributed by atoms with Crippen molar-refractivity contribution >= 4 is 52.9 Å². The maximum atomic E-state index is 2.37. The van der Waals surface area contributed by atoms with Crippen molar-refractivity contribution in [3.8, 4) is 0 Å². The quantitative estimate of drug-likeness (QED) is 0.180. The highest BCUT2D eigenvalue weighted by molar-refractivity contribution is 7.88. The smallest absolute Gasteiger partial charge is 0.00409 e. The van der Waals surface area contributed by atoms with E-state index >= 15 is 0 Å². The van der Waals surface area contributed by atoms with Crippen molar-refractivity contribution < 1.29 is 0 Å². The summed E-state index contributed by atoms with van der Waals surface area (Å²) in [7, 11) is -0.295. The molecule has 0 bridgehead atoms. The molecule has 39 heavy (non-hydrogen) atoms. The third-order valence-electron chi connectivity index (χ3n) is 7.40. The lowest BCUT2D eigenvalue weighted by Gasteiger charge is -2.29. The first-order valence-corrected chi connectivity index (χ1v) is 21.4. The summed E-state index contributed by atoms with van der Waals surface area (Å²) in [6.45, 7) is 20.9. The van der Waals surface area contributed by atoms with Gasteiger partial charge in [-0.3, -0.25) is 0 Å². The van der Waals surface area contributed by atoms with Crippen molar-refractivity contribution in [3.63, 3.8) is 0 Å². The van der Waals surface area contributed by atoms with Gasteiger partial charge >= 0.3 is 0 Å². The summed E-state index contributed by atoms with van der Waals surface area (Å²) in [6, 6.07) is 36.0. The summed E-state index contributed by atoms with van der Waals surface area (Å²) in [6.07, 6.45) is 0. The van der Waals surface area contributed by atoms with Crippen LogP contribution in [0.1, 0.15) is 29.2 Å². The maximum Gasteiger partial charge on any atom is 0.00409 e. The SMILES string of the molecule is CC(P(C)C)P(C)C.Cc1ccccc1P(CP(c1ccccc1C)c1ccccc1C)c1ccccc1C. The standard InChI is InChI=1S/C29H30P2.C6H16P2/c1-22-13-5-9-17-26(22)30(27-18-10-6-14-23(27)2)21-31(28-19-11-7-15-24(28)3)29-20-12-8-16-25(29)4;1-6(7(2)3)8(4)5/h5-20H,21H2,1-4H3;6H,1-5H3. The number of rotatable bonds is 8. The van der Waals surface area contributed by atoms with Gasteiger partial charge in [0.2, 0.25) is 0 Å². The van der Waals surface area contributed by atoms with E-state index in [1.807, 2.05) is 0 Å². The molecular weight excluding hydrogens is 544 g/mol. The topological polar surface area (TPSA) is 0 Å². The van der Waals surface area contributed by atoms with Gasteiger partial charge in [0.25, 0.3) is 0 Å². The van der Waals surface area contributed by atoms with Crippen molar-refractivity contribution in [1.29, 1.82) is 0 Å². The van der Waals surface area contributed by atoms with Crippen LogP contribution in [0.3, 0.4) is 0 Å². The first-order chi connectivity index (χ1) is 18.6. The lowest BCUT2D eigenvalue weighted by molar-refractivity contribution is 1.37. The summed E-state index contributed by atoms with van der Waals surface area (Å²) < 4.78 is 0. The molecule has 4 aromatic rings. The Morgan fingerprint density at radius 2 is 0.667 bits per heavy atom. The number of aryl methyl sites for hydroxylation is 4. The van der Waals surface area contributed by atoms with E-state index in [-0.39, 0.29) is 0 Å². The van der Waals surface area contributed by atoms with E-state index in [4.69, 9.17) is 0 Å². The Labute approximate surface area is 244 Å². The summed E-state index contributed by atoms with van der Waals surface area (Å²) in [5.74, 6) is 1.18. The van der Waals surface area contributed by atoms with E-state index in [0.29, 0.717) is 15.8 Å². The summed E-state index contributed by atoms with van der Waals surface area (Å²) in [5, 5.41) is 7.06. The molecule has 0 aliphatic rings. The van der Waals surface area contributed by atoms with Crippen LogP contribution in [0, 0.1) is 27.7 Å². The van der Waals surface area contributed by atoms with Crippen LogP contribution in [-0.4, -0.2) is 38.0 Å². The maximum absolute atomic E-state index is 2.37.